The number of nitrogens with zero attached hydrogens (tertiary/aromatic N) is 1. The Balaban J connectivity index is 1.78. The average Bonchev–Trinajstić information content (AvgIpc) is 2.47. The van der Waals surface area contributed by atoms with Crippen LogP contribution < -0.4 is 15.2 Å². The van der Waals surface area contributed by atoms with Gasteiger partial charge < -0.3 is 20.1 Å². The Labute approximate surface area is 126 Å². The first-order valence-corrected chi connectivity index (χ1v) is 7.34. The molecule has 1 aliphatic rings. The lowest BCUT2D eigenvalue weighted by Crippen LogP contribution is -2.51. The molecule has 1 aromatic carbocycles. The van der Waals surface area contributed by atoms with Crippen LogP contribution in [0.1, 0.15) is 19.3 Å². The first kappa shape index (κ1) is 15.6. The highest BCUT2D eigenvalue weighted by Gasteiger charge is 2.44. The van der Waals surface area contributed by atoms with E-state index in [2.05, 4.69) is 0 Å². The van der Waals surface area contributed by atoms with Crippen molar-refractivity contribution in [3.05, 3.63) is 24.3 Å². The minimum Gasteiger partial charge on any atom is -0.497 e. The lowest BCUT2D eigenvalue weighted by molar-refractivity contribution is -0.145. The van der Waals surface area contributed by atoms with Crippen LogP contribution >= 0.6 is 0 Å². The molecule has 0 bridgehead atoms. The first-order valence-electron chi connectivity index (χ1n) is 7.34. The summed E-state index contributed by atoms with van der Waals surface area (Å²) in [6.07, 6.45) is 2.91. The van der Waals surface area contributed by atoms with Gasteiger partial charge in [0.15, 0.2) is 0 Å². The fourth-order valence-corrected chi connectivity index (χ4v) is 2.59. The molecule has 0 aromatic heterocycles. The van der Waals surface area contributed by atoms with Gasteiger partial charge in [-0.2, -0.15) is 0 Å². The van der Waals surface area contributed by atoms with Gasteiger partial charge in [-0.05, 0) is 37.1 Å². The molecule has 0 radical (unpaired) electrons. The highest BCUT2D eigenvalue weighted by atomic mass is 16.5. The van der Waals surface area contributed by atoms with Crippen LogP contribution in [0.2, 0.25) is 0 Å². The quantitative estimate of drug-likeness (QED) is 0.830. The van der Waals surface area contributed by atoms with Crippen molar-refractivity contribution in [2.75, 3.05) is 33.9 Å². The second-order valence-corrected chi connectivity index (χ2v) is 5.59. The SMILES string of the molecule is COc1ccc(OCCN(C)C(=O)C2(CN)CCC2)cc1. The Morgan fingerprint density at radius 1 is 1.29 bits per heavy atom. The predicted molar refractivity (Wildman–Crippen MR) is 81.5 cm³/mol. The van der Waals surface area contributed by atoms with Crippen molar-refractivity contribution < 1.29 is 14.3 Å². The average molecular weight is 292 g/mol. The van der Waals surface area contributed by atoms with Gasteiger partial charge in [0.25, 0.3) is 0 Å². The summed E-state index contributed by atoms with van der Waals surface area (Å²) in [5.41, 5.74) is 5.45. The Morgan fingerprint density at radius 3 is 2.38 bits per heavy atom. The number of methoxy groups -OCH3 is 1. The zero-order valence-corrected chi connectivity index (χ0v) is 12.8. The van der Waals surface area contributed by atoms with E-state index in [0.29, 0.717) is 19.7 Å². The van der Waals surface area contributed by atoms with E-state index in [0.717, 1.165) is 30.8 Å². The molecule has 0 saturated heterocycles. The van der Waals surface area contributed by atoms with Crippen LogP contribution in [0.4, 0.5) is 0 Å². The molecule has 1 amide bonds. The number of carbonyl (C=O) groups is 1. The summed E-state index contributed by atoms with van der Waals surface area (Å²) in [5.74, 6) is 1.72. The lowest BCUT2D eigenvalue weighted by Gasteiger charge is -2.41. The normalized spacial score (nSPS) is 16.0. The number of likely N-dealkylation sites (N-methyl/N-ethyl adjacent to an activating group) is 1. The van der Waals surface area contributed by atoms with Gasteiger partial charge in [-0.3, -0.25) is 4.79 Å². The Kier molecular flexibility index (Phi) is 5.07. The summed E-state index contributed by atoms with van der Waals surface area (Å²) in [6.45, 7) is 1.47. The van der Waals surface area contributed by atoms with Gasteiger partial charge >= 0.3 is 0 Å². The van der Waals surface area contributed by atoms with Crippen molar-refractivity contribution in [1.29, 1.82) is 0 Å². The highest BCUT2D eigenvalue weighted by Crippen LogP contribution is 2.41. The molecule has 0 heterocycles. The second-order valence-electron chi connectivity index (χ2n) is 5.59. The standard InChI is InChI=1S/C16H24N2O3/c1-18(15(19)16(12-17)8-3-9-16)10-11-21-14-6-4-13(20-2)5-7-14/h4-7H,3,8-12,17H2,1-2H3. The number of hydrogen-bond acceptors (Lipinski definition) is 4. The number of benzene rings is 1. The maximum absolute atomic E-state index is 12.4. The summed E-state index contributed by atoms with van der Waals surface area (Å²) in [5, 5.41) is 0. The van der Waals surface area contributed by atoms with E-state index in [1.807, 2.05) is 31.3 Å². The highest BCUT2D eigenvalue weighted by molar-refractivity contribution is 5.83. The Bertz CT molecular complexity index is 463. The number of rotatable bonds is 7. The van der Waals surface area contributed by atoms with Crippen LogP contribution in [-0.2, 0) is 4.79 Å². The van der Waals surface area contributed by atoms with Crippen LogP contribution in [-0.4, -0.2) is 44.7 Å². The van der Waals surface area contributed by atoms with Crippen molar-refractivity contribution >= 4 is 5.91 Å². The monoisotopic (exact) mass is 292 g/mol. The van der Waals surface area contributed by atoms with Crippen LogP contribution in [0.15, 0.2) is 24.3 Å². The minimum absolute atomic E-state index is 0.148. The molecular weight excluding hydrogens is 268 g/mol. The molecule has 1 saturated carbocycles. The number of amides is 1. The summed E-state index contributed by atoms with van der Waals surface area (Å²) in [4.78, 5) is 14.1. The van der Waals surface area contributed by atoms with Crippen molar-refractivity contribution in [3.8, 4) is 11.5 Å². The summed E-state index contributed by atoms with van der Waals surface area (Å²) in [7, 11) is 3.44. The van der Waals surface area contributed by atoms with Crippen LogP contribution in [0.25, 0.3) is 0 Å². The predicted octanol–water partition coefficient (Wildman–Crippen LogP) is 1.66. The molecule has 116 valence electrons. The van der Waals surface area contributed by atoms with E-state index < -0.39 is 0 Å². The zero-order valence-electron chi connectivity index (χ0n) is 12.8. The summed E-state index contributed by atoms with van der Waals surface area (Å²) in [6, 6.07) is 7.41. The van der Waals surface area contributed by atoms with E-state index in [4.69, 9.17) is 15.2 Å². The van der Waals surface area contributed by atoms with Crippen molar-refractivity contribution in [1.82, 2.24) is 4.90 Å². The second kappa shape index (κ2) is 6.80. The summed E-state index contributed by atoms with van der Waals surface area (Å²) < 4.78 is 10.7. The van der Waals surface area contributed by atoms with Crippen molar-refractivity contribution in [2.24, 2.45) is 11.1 Å². The molecule has 5 heteroatoms. The van der Waals surface area contributed by atoms with E-state index in [9.17, 15) is 4.79 Å². The van der Waals surface area contributed by atoms with Gasteiger partial charge in [0.1, 0.15) is 18.1 Å². The van der Waals surface area contributed by atoms with E-state index >= 15 is 0 Å². The number of carbonyl (C=O) groups excluding carboxylic acids is 1. The molecule has 0 spiro atoms. The van der Waals surface area contributed by atoms with Crippen LogP contribution in [0.5, 0.6) is 11.5 Å². The number of hydrogen-bond donors (Lipinski definition) is 1. The van der Waals surface area contributed by atoms with E-state index in [1.54, 1.807) is 12.0 Å². The molecule has 0 unspecified atom stereocenters. The van der Waals surface area contributed by atoms with Gasteiger partial charge in [-0.25, -0.2) is 0 Å². The molecule has 1 fully saturated rings. The van der Waals surface area contributed by atoms with Crippen LogP contribution in [0.3, 0.4) is 0 Å². The molecule has 5 nitrogen and oxygen atoms in total. The largest absolute Gasteiger partial charge is 0.497 e. The summed E-state index contributed by atoms with van der Waals surface area (Å²) >= 11 is 0. The third-order valence-electron chi connectivity index (χ3n) is 4.26. The Hall–Kier alpha value is -1.75. The minimum atomic E-state index is -0.311. The van der Waals surface area contributed by atoms with Gasteiger partial charge in [0, 0.05) is 13.6 Å². The number of ether oxygens (including phenoxy) is 2. The molecule has 1 aliphatic carbocycles. The fraction of sp³-hybridized carbons (Fsp3) is 0.562. The van der Waals surface area contributed by atoms with Crippen molar-refractivity contribution in [3.63, 3.8) is 0 Å². The zero-order chi connectivity index (χ0) is 15.3. The van der Waals surface area contributed by atoms with Crippen LogP contribution in [0, 0.1) is 5.41 Å². The molecule has 2 rings (SSSR count). The molecule has 1 aromatic rings. The van der Waals surface area contributed by atoms with Gasteiger partial charge in [-0.1, -0.05) is 6.42 Å². The van der Waals surface area contributed by atoms with Gasteiger partial charge in [-0.15, -0.1) is 0 Å². The molecule has 0 atom stereocenters. The topological polar surface area (TPSA) is 64.8 Å². The van der Waals surface area contributed by atoms with E-state index in [1.165, 1.54) is 0 Å². The third kappa shape index (κ3) is 3.47. The molecule has 2 N–H and O–H groups in total. The lowest BCUT2D eigenvalue weighted by atomic mass is 9.68. The van der Waals surface area contributed by atoms with Crippen molar-refractivity contribution in [2.45, 2.75) is 19.3 Å². The van der Waals surface area contributed by atoms with Gasteiger partial charge in [0.2, 0.25) is 5.91 Å². The molecule has 0 aliphatic heterocycles. The fourth-order valence-electron chi connectivity index (χ4n) is 2.59. The maximum atomic E-state index is 12.4. The maximum Gasteiger partial charge on any atom is 0.229 e. The van der Waals surface area contributed by atoms with Gasteiger partial charge in [0.05, 0.1) is 19.1 Å². The number of nitrogens with two attached hydrogens (primary N) is 1. The Morgan fingerprint density at radius 2 is 1.90 bits per heavy atom. The first-order chi connectivity index (χ1) is 10.1. The third-order valence-corrected chi connectivity index (χ3v) is 4.26. The molecule has 21 heavy (non-hydrogen) atoms. The smallest absolute Gasteiger partial charge is 0.229 e. The molecular formula is C16H24N2O3. The van der Waals surface area contributed by atoms with E-state index in [-0.39, 0.29) is 11.3 Å².